The number of pyridine rings is 1. The molecular weight excluding hydrogens is 821 g/mol. The third kappa shape index (κ3) is 11.0. The van der Waals surface area contributed by atoms with Crippen molar-refractivity contribution in [2.45, 2.75) is 83.8 Å². The number of likely N-dealkylation sites (tertiary alicyclic amines) is 2. The lowest BCUT2D eigenvalue weighted by molar-refractivity contribution is -0.00491. The van der Waals surface area contributed by atoms with E-state index >= 15 is 8.78 Å². The highest BCUT2D eigenvalue weighted by molar-refractivity contribution is 6.03. The first kappa shape index (κ1) is 44.5. The molecule has 0 spiro atoms. The number of benzene rings is 4. The van der Waals surface area contributed by atoms with E-state index in [0.29, 0.717) is 36.2 Å². The smallest absolute Gasteiger partial charge is 0.410 e. The van der Waals surface area contributed by atoms with Crippen molar-refractivity contribution in [1.29, 1.82) is 0 Å². The zero-order valence-electron chi connectivity index (χ0n) is 36.9. The van der Waals surface area contributed by atoms with Gasteiger partial charge in [-0.3, -0.25) is 4.98 Å². The van der Waals surface area contributed by atoms with Gasteiger partial charge in [0.15, 0.2) is 17.4 Å². The van der Waals surface area contributed by atoms with Crippen LogP contribution in [0.5, 0.6) is 23.4 Å². The Morgan fingerprint density at radius 1 is 0.812 bits per heavy atom. The number of hydrogen-bond donors (Lipinski definition) is 0. The van der Waals surface area contributed by atoms with Crippen molar-refractivity contribution in [3.63, 3.8) is 0 Å². The van der Waals surface area contributed by atoms with E-state index in [1.165, 1.54) is 12.3 Å². The topological polar surface area (TPSA) is 118 Å². The summed E-state index contributed by atoms with van der Waals surface area (Å²) in [5.41, 5.74) is 1.26. The summed E-state index contributed by atoms with van der Waals surface area (Å²) in [5, 5.41) is 1.07. The number of carbonyl (C=O) groups is 1. The molecule has 4 heterocycles. The number of halogens is 2. The van der Waals surface area contributed by atoms with Crippen LogP contribution in [0, 0.1) is 11.6 Å². The molecular formula is C50H55F2N5O7. The molecule has 2 aromatic heterocycles. The molecule has 4 aromatic carbocycles. The summed E-state index contributed by atoms with van der Waals surface area (Å²) in [6, 6.07) is 25.7. The summed E-state index contributed by atoms with van der Waals surface area (Å²) in [6.45, 7) is 8.22. The SMILES string of the molecule is CN1CCC[C@@H]1COc1nc(OCc2ccccc2)c2cnc(-c3cc(OCc4ccccc4)cc4ccc(F)c(OCCO[C@@H]5CCCCN(C(=O)OC(C)(C)C)C5)c34)c(F)c2n1. The molecule has 2 atom stereocenters. The molecule has 0 saturated carbocycles. The van der Waals surface area contributed by atoms with Gasteiger partial charge in [0.1, 0.15) is 49.0 Å². The van der Waals surface area contributed by atoms with Crippen molar-refractivity contribution < 1.29 is 42.0 Å². The maximum Gasteiger partial charge on any atom is 0.410 e. The Morgan fingerprint density at radius 3 is 2.28 bits per heavy atom. The van der Waals surface area contributed by atoms with Crippen LogP contribution >= 0.6 is 0 Å². The number of aromatic nitrogens is 3. The first-order chi connectivity index (χ1) is 31.0. The molecule has 2 fully saturated rings. The fourth-order valence-electron chi connectivity index (χ4n) is 8.08. The van der Waals surface area contributed by atoms with Gasteiger partial charge in [-0.15, -0.1) is 0 Å². The van der Waals surface area contributed by atoms with Gasteiger partial charge in [-0.25, -0.2) is 13.6 Å². The van der Waals surface area contributed by atoms with Crippen molar-refractivity contribution in [2.75, 3.05) is 46.5 Å². The highest BCUT2D eigenvalue weighted by atomic mass is 19.1. The number of carbonyl (C=O) groups excluding carboxylic acids is 1. The quantitative estimate of drug-likeness (QED) is 0.0918. The average Bonchev–Trinajstić information content (AvgIpc) is 3.55. The van der Waals surface area contributed by atoms with Gasteiger partial charge in [0, 0.05) is 29.7 Å². The third-order valence-electron chi connectivity index (χ3n) is 11.4. The molecule has 2 saturated heterocycles. The molecule has 2 aliphatic heterocycles. The van der Waals surface area contributed by atoms with Crippen LogP contribution in [-0.2, 0) is 22.7 Å². The highest BCUT2D eigenvalue weighted by Gasteiger charge is 2.28. The van der Waals surface area contributed by atoms with Gasteiger partial charge < -0.3 is 38.2 Å². The third-order valence-corrected chi connectivity index (χ3v) is 11.4. The first-order valence-electron chi connectivity index (χ1n) is 22.0. The van der Waals surface area contributed by atoms with Crippen LogP contribution in [0.15, 0.2) is 91.1 Å². The van der Waals surface area contributed by atoms with Gasteiger partial charge in [0.25, 0.3) is 0 Å². The minimum Gasteiger partial charge on any atom is -0.489 e. The first-order valence-corrected chi connectivity index (χ1v) is 22.0. The van der Waals surface area contributed by atoms with Gasteiger partial charge in [-0.1, -0.05) is 66.7 Å². The van der Waals surface area contributed by atoms with Gasteiger partial charge in [-0.05, 0) is 101 Å². The predicted molar refractivity (Wildman–Crippen MR) is 240 cm³/mol. The van der Waals surface area contributed by atoms with E-state index in [1.54, 1.807) is 23.1 Å². The maximum atomic E-state index is 17.4. The molecule has 6 aromatic rings. The van der Waals surface area contributed by atoms with E-state index in [4.69, 9.17) is 28.4 Å². The minimum atomic E-state index is -0.782. The number of nitrogens with zero attached hydrogens (tertiary/aromatic N) is 5. The number of likely N-dealkylation sites (N-methyl/N-ethyl adjacent to an activating group) is 1. The Hall–Kier alpha value is -6.12. The van der Waals surface area contributed by atoms with Crippen LogP contribution in [0.1, 0.15) is 64.0 Å². The van der Waals surface area contributed by atoms with E-state index in [-0.39, 0.29) is 84.5 Å². The number of rotatable bonds is 15. The van der Waals surface area contributed by atoms with E-state index < -0.39 is 17.2 Å². The minimum absolute atomic E-state index is 0.0233. The molecule has 12 nitrogen and oxygen atoms in total. The van der Waals surface area contributed by atoms with Crippen molar-refractivity contribution in [2.24, 2.45) is 0 Å². The fraction of sp³-hybridized carbons (Fsp3) is 0.400. The number of fused-ring (bicyclic) bond motifs is 2. The van der Waals surface area contributed by atoms with Crippen LogP contribution in [0.2, 0.25) is 0 Å². The zero-order valence-corrected chi connectivity index (χ0v) is 36.9. The average molecular weight is 876 g/mol. The predicted octanol–water partition coefficient (Wildman–Crippen LogP) is 9.94. The molecule has 0 radical (unpaired) electrons. The summed E-state index contributed by atoms with van der Waals surface area (Å²) in [5.74, 6) is -0.997. The molecule has 0 aliphatic carbocycles. The monoisotopic (exact) mass is 875 g/mol. The Labute approximate surface area is 372 Å². The number of amides is 1. The van der Waals surface area contributed by atoms with Crippen molar-refractivity contribution >= 4 is 27.8 Å². The molecule has 8 rings (SSSR count). The lowest BCUT2D eigenvalue weighted by atomic mass is 9.99. The highest BCUT2D eigenvalue weighted by Crippen LogP contribution is 2.42. The van der Waals surface area contributed by atoms with Gasteiger partial charge >= 0.3 is 12.1 Å². The molecule has 0 bridgehead atoms. The Kier molecular flexibility index (Phi) is 14.0. The standard InChI is InChI=1S/C50H55F2N5O7/c1-50(2,3)64-49(58)57-23-12-11-19-37(29-57)59-24-25-60-46-41(51)21-20-35-26-38(61-30-33-14-7-5-8-15-33)27-39(42(35)46)44-43(52)45-40(28-53-44)47(62-31-34-16-9-6-10-17-34)55-48(54-45)63-32-36-18-13-22-56(36)4/h5-10,14-17,20-21,26-28,36-37H,11-13,18-19,22-25,29-32H2,1-4H3/t36-,37-/m1/s1. The molecule has 14 heteroatoms. The lowest BCUT2D eigenvalue weighted by Crippen LogP contribution is -2.41. The summed E-state index contributed by atoms with van der Waals surface area (Å²) < 4.78 is 70.2. The molecule has 1 amide bonds. The zero-order chi connectivity index (χ0) is 44.6. The second-order valence-corrected chi connectivity index (χ2v) is 17.3. The summed E-state index contributed by atoms with van der Waals surface area (Å²) in [7, 11) is 2.05. The van der Waals surface area contributed by atoms with E-state index in [2.05, 4.69) is 19.9 Å². The lowest BCUT2D eigenvalue weighted by Gasteiger charge is -2.28. The van der Waals surface area contributed by atoms with Gasteiger partial charge in [0.2, 0.25) is 5.88 Å². The second kappa shape index (κ2) is 20.2. The Balaban J connectivity index is 1.13. The van der Waals surface area contributed by atoms with Crippen molar-refractivity contribution in [3.05, 3.63) is 114 Å². The van der Waals surface area contributed by atoms with Crippen molar-refractivity contribution in [1.82, 2.24) is 24.8 Å². The number of ether oxygens (including phenoxy) is 6. The molecule has 2 aliphatic rings. The largest absolute Gasteiger partial charge is 0.489 e. The van der Waals surface area contributed by atoms with Gasteiger partial charge in [-0.2, -0.15) is 9.97 Å². The van der Waals surface area contributed by atoms with Crippen LogP contribution in [0.25, 0.3) is 32.9 Å². The summed E-state index contributed by atoms with van der Waals surface area (Å²) in [4.78, 5) is 30.6. The number of hydrogen-bond acceptors (Lipinski definition) is 11. The van der Waals surface area contributed by atoms with E-state index in [1.807, 2.05) is 88.5 Å². The molecule has 0 N–H and O–H groups in total. The van der Waals surface area contributed by atoms with Crippen LogP contribution < -0.4 is 18.9 Å². The van der Waals surface area contributed by atoms with Crippen LogP contribution in [0.4, 0.5) is 13.6 Å². The Bertz CT molecular complexity index is 2540. The normalized spacial score (nSPS) is 17.1. The Morgan fingerprint density at radius 2 is 1.56 bits per heavy atom. The summed E-state index contributed by atoms with van der Waals surface area (Å²) >= 11 is 0. The molecule has 64 heavy (non-hydrogen) atoms. The van der Waals surface area contributed by atoms with E-state index in [9.17, 15) is 4.79 Å². The van der Waals surface area contributed by atoms with Gasteiger partial charge in [0.05, 0.1) is 24.6 Å². The molecule has 336 valence electrons. The van der Waals surface area contributed by atoms with Crippen LogP contribution in [0.3, 0.4) is 0 Å². The van der Waals surface area contributed by atoms with Crippen LogP contribution in [-0.4, -0.2) is 95.1 Å². The maximum absolute atomic E-state index is 17.4. The van der Waals surface area contributed by atoms with E-state index in [0.717, 1.165) is 49.8 Å². The summed E-state index contributed by atoms with van der Waals surface area (Å²) in [6.07, 6.45) is 5.29. The fourth-order valence-corrected chi connectivity index (χ4v) is 8.08. The second-order valence-electron chi connectivity index (χ2n) is 17.3. The van der Waals surface area contributed by atoms with Crippen molar-refractivity contribution in [3.8, 4) is 34.6 Å². The molecule has 0 unspecified atom stereocenters.